The van der Waals surface area contributed by atoms with Crippen molar-refractivity contribution in [3.63, 3.8) is 0 Å². The van der Waals surface area contributed by atoms with Crippen molar-refractivity contribution in [3.05, 3.63) is 29.8 Å². The number of hydrogen-bond donors (Lipinski definition) is 2. The summed E-state index contributed by atoms with van der Waals surface area (Å²) < 4.78 is 5.55. The molecule has 0 radical (unpaired) electrons. The molecule has 2 rings (SSSR count). The molecule has 26 heavy (non-hydrogen) atoms. The second kappa shape index (κ2) is 13.2. The molecule has 1 fully saturated rings. The Labute approximate surface area is 169 Å². The van der Waals surface area contributed by atoms with Crippen LogP contribution in [-0.4, -0.2) is 43.6 Å². The molecule has 1 aliphatic heterocycles. The van der Waals surface area contributed by atoms with Gasteiger partial charge in [-0.25, -0.2) is 0 Å². The van der Waals surface area contributed by atoms with Crippen molar-refractivity contribution in [2.45, 2.75) is 51.1 Å². The average molecular weight is 406 g/mol. The number of benzene rings is 1. The molecule has 1 amide bonds. The number of nitrogens with one attached hydrogen (secondary N) is 1. The minimum absolute atomic E-state index is 0. The summed E-state index contributed by atoms with van der Waals surface area (Å²) in [5, 5.41) is 3.09. The van der Waals surface area contributed by atoms with E-state index in [-0.39, 0.29) is 42.8 Å². The van der Waals surface area contributed by atoms with Crippen molar-refractivity contribution in [3.8, 4) is 5.75 Å². The topological polar surface area (TPSA) is 67.6 Å². The maximum atomic E-state index is 12.1. The Morgan fingerprint density at radius 2 is 1.88 bits per heavy atom. The van der Waals surface area contributed by atoms with Gasteiger partial charge in [-0.15, -0.1) is 24.8 Å². The lowest BCUT2D eigenvalue weighted by molar-refractivity contribution is -0.121. The normalized spacial score (nSPS) is 16.6. The van der Waals surface area contributed by atoms with Crippen LogP contribution in [0.3, 0.4) is 0 Å². The second-order valence-electron chi connectivity index (χ2n) is 6.67. The predicted octanol–water partition coefficient (Wildman–Crippen LogP) is 3.31. The Morgan fingerprint density at radius 1 is 1.23 bits per heavy atom. The number of ether oxygens (including phenoxy) is 1. The molecule has 0 spiro atoms. The lowest BCUT2D eigenvalue weighted by Gasteiger charge is -2.35. The zero-order valence-corrected chi connectivity index (χ0v) is 17.4. The van der Waals surface area contributed by atoms with Gasteiger partial charge >= 0.3 is 0 Å². The smallest absolute Gasteiger partial charge is 0.220 e. The Bertz CT molecular complexity index is 523. The fourth-order valence-electron chi connectivity index (χ4n) is 3.27. The number of rotatable bonds is 8. The molecule has 1 saturated heterocycles. The van der Waals surface area contributed by atoms with Gasteiger partial charge in [0.25, 0.3) is 0 Å². The quantitative estimate of drug-likeness (QED) is 0.695. The molecular weight excluding hydrogens is 373 g/mol. The van der Waals surface area contributed by atoms with Gasteiger partial charge in [0.15, 0.2) is 0 Å². The van der Waals surface area contributed by atoms with Crippen LogP contribution in [0.2, 0.25) is 0 Å². The van der Waals surface area contributed by atoms with Crippen molar-refractivity contribution in [2.75, 3.05) is 26.7 Å². The standard InChI is InChI=1S/C19H31N3O2.2ClH/c1-15(20)10-11-19(23)21-14-17(22-12-6-3-7-13-22)16-8-4-5-9-18(16)24-2;;/h4-5,8-9,15,17H,3,6-7,10-14,20H2,1-2H3,(H,21,23);2*1H. The van der Waals surface area contributed by atoms with Crippen molar-refractivity contribution in [1.29, 1.82) is 0 Å². The number of hydrogen-bond acceptors (Lipinski definition) is 4. The second-order valence-corrected chi connectivity index (χ2v) is 6.67. The van der Waals surface area contributed by atoms with E-state index in [4.69, 9.17) is 10.5 Å². The van der Waals surface area contributed by atoms with Crippen LogP contribution >= 0.6 is 24.8 Å². The summed E-state index contributed by atoms with van der Waals surface area (Å²) in [5.41, 5.74) is 6.89. The summed E-state index contributed by atoms with van der Waals surface area (Å²) in [6.07, 6.45) is 4.91. The van der Waals surface area contributed by atoms with Gasteiger partial charge in [-0.2, -0.15) is 0 Å². The summed E-state index contributed by atoms with van der Waals surface area (Å²) >= 11 is 0. The van der Waals surface area contributed by atoms with Gasteiger partial charge in [-0.1, -0.05) is 24.6 Å². The van der Waals surface area contributed by atoms with Gasteiger partial charge in [0.1, 0.15) is 5.75 Å². The molecule has 2 atom stereocenters. The first-order valence-electron chi connectivity index (χ1n) is 9.01. The monoisotopic (exact) mass is 405 g/mol. The van der Waals surface area contributed by atoms with Gasteiger partial charge in [-0.05, 0) is 45.3 Å². The van der Waals surface area contributed by atoms with Gasteiger partial charge < -0.3 is 15.8 Å². The van der Waals surface area contributed by atoms with Crippen LogP contribution in [0.15, 0.2) is 24.3 Å². The van der Waals surface area contributed by atoms with E-state index in [9.17, 15) is 4.79 Å². The first-order chi connectivity index (χ1) is 11.6. The van der Waals surface area contributed by atoms with E-state index in [0.717, 1.165) is 30.8 Å². The molecule has 1 heterocycles. The van der Waals surface area contributed by atoms with Crippen molar-refractivity contribution < 1.29 is 9.53 Å². The first-order valence-corrected chi connectivity index (χ1v) is 9.01. The highest BCUT2D eigenvalue weighted by molar-refractivity contribution is 5.85. The molecule has 5 nitrogen and oxygen atoms in total. The number of methoxy groups -OCH3 is 1. The first kappa shape index (κ1) is 25.0. The fourth-order valence-corrected chi connectivity index (χ4v) is 3.27. The maximum absolute atomic E-state index is 12.1. The predicted molar refractivity (Wildman–Crippen MR) is 112 cm³/mol. The molecule has 2 unspecified atom stereocenters. The largest absolute Gasteiger partial charge is 0.496 e. The van der Waals surface area contributed by atoms with E-state index in [1.165, 1.54) is 19.3 Å². The fraction of sp³-hybridized carbons (Fsp3) is 0.632. The minimum Gasteiger partial charge on any atom is -0.496 e. The van der Waals surface area contributed by atoms with Crippen LogP contribution in [0.4, 0.5) is 0 Å². The molecule has 3 N–H and O–H groups in total. The highest BCUT2D eigenvalue weighted by Gasteiger charge is 2.25. The summed E-state index contributed by atoms with van der Waals surface area (Å²) in [6.45, 7) is 4.67. The third-order valence-corrected chi connectivity index (χ3v) is 4.65. The Hall–Kier alpha value is -1.01. The summed E-state index contributed by atoms with van der Waals surface area (Å²) in [4.78, 5) is 14.6. The van der Waals surface area contributed by atoms with Crippen molar-refractivity contribution in [1.82, 2.24) is 10.2 Å². The number of amides is 1. The minimum atomic E-state index is 0. The van der Waals surface area contributed by atoms with Crippen molar-refractivity contribution >= 4 is 30.7 Å². The van der Waals surface area contributed by atoms with E-state index in [0.29, 0.717) is 13.0 Å². The maximum Gasteiger partial charge on any atom is 0.220 e. The summed E-state index contributed by atoms with van der Waals surface area (Å²) in [6, 6.07) is 8.32. The highest BCUT2D eigenvalue weighted by Crippen LogP contribution is 2.30. The Morgan fingerprint density at radius 3 is 2.50 bits per heavy atom. The van der Waals surface area contributed by atoms with Crippen LogP contribution in [0.25, 0.3) is 0 Å². The molecule has 150 valence electrons. The highest BCUT2D eigenvalue weighted by atomic mass is 35.5. The number of carbonyl (C=O) groups is 1. The SMILES string of the molecule is COc1ccccc1C(CNC(=O)CCC(C)N)N1CCCCC1.Cl.Cl. The van der Waals surface area contributed by atoms with Crippen molar-refractivity contribution in [2.24, 2.45) is 5.73 Å². The van der Waals surface area contributed by atoms with Gasteiger partial charge in [0, 0.05) is 24.6 Å². The number of halogens is 2. The van der Waals surface area contributed by atoms with Gasteiger partial charge in [0.2, 0.25) is 5.91 Å². The molecule has 0 saturated carbocycles. The number of nitrogens with zero attached hydrogens (tertiary/aromatic N) is 1. The van der Waals surface area contributed by atoms with E-state index in [1.54, 1.807) is 7.11 Å². The zero-order valence-electron chi connectivity index (χ0n) is 15.8. The molecular formula is C19H33Cl2N3O2. The summed E-state index contributed by atoms with van der Waals surface area (Å²) in [7, 11) is 1.70. The number of para-hydroxylation sites is 1. The van der Waals surface area contributed by atoms with E-state index < -0.39 is 0 Å². The number of carbonyl (C=O) groups excluding carboxylic acids is 1. The molecule has 0 aliphatic carbocycles. The van der Waals surface area contributed by atoms with E-state index in [2.05, 4.69) is 16.3 Å². The third-order valence-electron chi connectivity index (χ3n) is 4.65. The average Bonchev–Trinajstić information content (AvgIpc) is 2.61. The van der Waals surface area contributed by atoms with Crippen LogP contribution in [0.1, 0.15) is 50.6 Å². The summed E-state index contributed by atoms with van der Waals surface area (Å²) in [5.74, 6) is 0.960. The lowest BCUT2D eigenvalue weighted by Crippen LogP contribution is -2.41. The number of piperidine rings is 1. The van der Waals surface area contributed by atoms with Gasteiger partial charge in [0.05, 0.1) is 13.2 Å². The molecule has 1 aromatic carbocycles. The third kappa shape index (κ3) is 7.70. The Kier molecular flexibility index (Phi) is 12.7. The van der Waals surface area contributed by atoms with Crippen LogP contribution in [0, 0.1) is 0 Å². The van der Waals surface area contributed by atoms with Crippen LogP contribution in [-0.2, 0) is 4.79 Å². The van der Waals surface area contributed by atoms with Crippen LogP contribution < -0.4 is 15.8 Å². The van der Waals surface area contributed by atoms with E-state index >= 15 is 0 Å². The van der Waals surface area contributed by atoms with Gasteiger partial charge in [-0.3, -0.25) is 9.69 Å². The number of nitrogens with two attached hydrogens (primary N) is 1. The molecule has 1 aliphatic rings. The number of likely N-dealkylation sites (tertiary alicyclic amines) is 1. The lowest BCUT2D eigenvalue weighted by atomic mass is 10.0. The molecule has 0 bridgehead atoms. The van der Waals surface area contributed by atoms with Crippen LogP contribution in [0.5, 0.6) is 5.75 Å². The van der Waals surface area contributed by atoms with E-state index in [1.807, 2.05) is 25.1 Å². The zero-order chi connectivity index (χ0) is 17.4. The molecule has 0 aromatic heterocycles. The molecule has 1 aromatic rings. The molecule has 7 heteroatoms. The Balaban J connectivity index is 0.00000312.